The molecule has 23 heavy (non-hydrogen) atoms. The molecule has 4 heteroatoms. The lowest BCUT2D eigenvalue weighted by molar-refractivity contribution is -0.123. The maximum absolute atomic E-state index is 12.4. The summed E-state index contributed by atoms with van der Waals surface area (Å²) in [7, 11) is 0. The van der Waals surface area contributed by atoms with Crippen molar-refractivity contribution < 1.29 is 9.59 Å². The Morgan fingerprint density at radius 1 is 1.13 bits per heavy atom. The van der Waals surface area contributed by atoms with Crippen LogP contribution in [-0.4, -0.2) is 24.3 Å². The second-order valence-corrected chi connectivity index (χ2v) is 5.72. The minimum Gasteiger partial charge on any atom is -0.378 e. The van der Waals surface area contributed by atoms with Crippen LogP contribution in [0, 0.1) is 0 Å². The lowest BCUT2D eigenvalue weighted by Crippen LogP contribution is -2.47. The Kier molecular flexibility index (Phi) is 12.7. The summed E-state index contributed by atoms with van der Waals surface area (Å²) in [5, 5.41) is 6.13. The topological polar surface area (TPSA) is 58.2 Å². The molecule has 0 heterocycles. The van der Waals surface area contributed by atoms with E-state index in [-0.39, 0.29) is 11.9 Å². The van der Waals surface area contributed by atoms with Crippen LogP contribution in [0.15, 0.2) is 37.6 Å². The number of carbonyl (C=O) groups excluding carboxylic acids is 2. The molecule has 0 saturated heterocycles. The van der Waals surface area contributed by atoms with Crippen LogP contribution in [0.5, 0.6) is 0 Å². The summed E-state index contributed by atoms with van der Waals surface area (Å²) in [5.41, 5.74) is 0.853. The van der Waals surface area contributed by atoms with E-state index in [9.17, 15) is 9.59 Å². The van der Waals surface area contributed by atoms with Crippen LogP contribution in [0.25, 0.3) is 0 Å². The second-order valence-electron chi connectivity index (χ2n) is 5.72. The Bertz CT molecular complexity index is 391. The van der Waals surface area contributed by atoms with E-state index < -0.39 is 6.04 Å². The fraction of sp³-hybridized carbons (Fsp3) is 0.579. The Morgan fingerprint density at radius 3 is 2.43 bits per heavy atom. The van der Waals surface area contributed by atoms with Gasteiger partial charge in [-0.2, -0.15) is 0 Å². The predicted octanol–water partition coefficient (Wildman–Crippen LogP) is 3.65. The van der Waals surface area contributed by atoms with Crippen LogP contribution >= 0.6 is 0 Å². The van der Waals surface area contributed by atoms with Crippen LogP contribution in [0.1, 0.15) is 58.3 Å². The number of rotatable bonds is 15. The highest BCUT2D eigenvalue weighted by Crippen LogP contribution is 2.08. The molecular formula is C19H32N2O2. The first-order valence-corrected chi connectivity index (χ1v) is 8.50. The maximum Gasteiger partial charge on any atom is 0.242 e. The van der Waals surface area contributed by atoms with Gasteiger partial charge in [0.25, 0.3) is 0 Å². The van der Waals surface area contributed by atoms with Crippen LogP contribution < -0.4 is 10.6 Å². The van der Waals surface area contributed by atoms with Gasteiger partial charge in [-0.3, -0.25) is 4.79 Å². The zero-order chi connectivity index (χ0) is 17.5. The summed E-state index contributed by atoms with van der Waals surface area (Å²) < 4.78 is 0. The van der Waals surface area contributed by atoms with Gasteiger partial charge < -0.3 is 15.4 Å². The van der Waals surface area contributed by atoms with E-state index in [1.807, 2.05) is 6.08 Å². The van der Waals surface area contributed by atoms with E-state index in [2.05, 4.69) is 37.3 Å². The lowest BCUT2D eigenvalue weighted by Gasteiger charge is -2.23. The molecule has 2 unspecified atom stereocenters. The molecule has 0 aromatic heterocycles. The van der Waals surface area contributed by atoms with Crippen LogP contribution in [-0.2, 0) is 9.59 Å². The first kappa shape index (κ1) is 21.2. The zero-order valence-electron chi connectivity index (χ0n) is 14.5. The Balaban J connectivity index is 4.56. The normalized spacial score (nSPS) is 12.7. The van der Waals surface area contributed by atoms with Gasteiger partial charge in [-0.05, 0) is 32.1 Å². The molecule has 4 nitrogen and oxygen atoms in total. The summed E-state index contributed by atoms with van der Waals surface area (Å²) in [6, 6.07) is -0.519. The third kappa shape index (κ3) is 10.5. The fourth-order valence-electron chi connectivity index (χ4n) is 2.24. The fourth-order valence-corrected chi connectivity index (χ4v) is 2.24. The van der Waals surface area contributed by atoms with Gasteiger partial charge in [0.2, 0.25) is 5.91 Å². The number of aldehydes is 1. The van der Waals surface area contributed by atoms with E-state index in [1.54, 1.807) is 6.08 Å². The molecule has 0 bridgehead atoms. The highest BCUT2D eigenvalue weighted by molar-refractivity contribution is 5.82. The molecule has 0 radical (unpaired) electrons. The molecule has 2 atom stereocenters. The van der Waals surface area contributed by atoms with Crippen molar-refractivity contribution in [1.29, 1.82) is 0 Å². The molecule has 0 rings (SSSR count). The minimum atomic E-state index is -0.430. The molecule has 0 aromatic carbocycles. The van der Waals surface area contributed by atoms with Crippen LogP contribution in [0.2, 0.25) is 0 Å². The number of amides is 1. The highest BCUT2D eigenvalue weighted by atomic mass is 16.2. The van der Waals surface area contributed by atoms with Crippen molar-refractivity contribution in [2.24, 2.45) is 0 Å². The molecule has 0 aliphatic carbocycles. The number of hydrogen-bond acceptors (Lipinski definition) is 3. The van der Waals surface area contributed by atoms with Gasteiger partial charge in [0.1, 0.15) is 12.3 Å². The summed E-state index contributed by atoms with van der Waals surface area (Å²) in [6.45, 7) is 13.6. The van der Waals surface area contributed by atoms with Crippen molar-refractivity contribution in [3.05, 3.63) is 37.6 Å². The molecule has 130 valence electrons. The summed E-state index contributed by atoms with van der Waals surface area (Å²) in [5.74, 6) is -0.113. The predicted molar refractivity (Wildman–Crippen MR) is 97.1 cm³/mol. The van der Waals surface area contributed by atoms with Crippen molar-refractivity contribution >= 4 is 12.2 Å². The average Bonchev–Trinajstić information content (AvgIpc) is 2.55. The minimum absolute atomic E-state index is 0.0885. The molecule has 0 aliphatic rings. The van der Waals surface area contributed by atoms with Crippen molar-refractivity contribution in [3.63, 3.8) is 0 Å². The van der Waals surface area contributed by atoms with Gasteiger partial charge in [0.15, 0.2) is 0 Å². The van der Waals surface area contributed by atoms with Gasteiger partial charge in [0.05, 0.1) is 0 Å². The van der Waals surface area contributed by atoms with Crippen LogP contribution in [0.3, 0.4) is 0 Å². The Morgan fingerprint density at radius 2 is 1.87 bits per heavy atom. The van der Waals surface area contributed by atoms with Crippen molar-refractivity contribution in [2.45, 2.75) is 70.4 Å². The van der Waals surface area contributed by atoms with Gasteiger partial charge in [0, 0.05) is 18.2 Å². The molecule has 0 saturated carbocycles. The van der Waals surface area contributed by atoms with Gasteiger partial charge in [-0.15, -0.1) is 13.2 Å². The van der Waals surface area contributed by atoms with Gasteiger partial charge in [-0.25, -0.2) is 0 Å². The number of allylic oxidation sites excluding steroid dienone is 2. The average molecular weight is 320 g/mol. The molecule has 2 N–H and O–H groups in total. The van der Waals surface area contributed by atoms with E-state index in [1.165, 1.54) is 0 Å². The van der Waals surface area contributed by atoms with Crippen molar-refractivity contribution in [2.75, 3.05) is 0 Å². The molecule has 0 aromatic rings. The molecule has 0 aliphatic heterocycles. The third-order valence-corrected chi connectivity index (χ3v) is 3.64. The van der Waals surface area contributed by atoms with E-state index in [4.69, 9.17) is 0 Å². The molecular weight excluding hydrogens is 288 g/mol. The number of unbranched alkanes of at least 4 members (excludes halogenated alkanes) is 2. The van der Waals surface area contributed by atoms with Crippen molar-refractivity contribution in [3.8, 4) is 0 Å². The van der Waals surface area contributed by atoms with Gasteiger partial charge >= 0.3 is 0 Å². The number of nitrogens with one attached hydrogen (secondary N) is 2. The monoisotopic (exact) mass is 320 g/mol. The number of hydrogen-bond donors (Lipinski definition) is 2. The zero-order valence-corrected chi connectivity index (χ0v) is 14.5. The van der Waals surface area contributed by atoms with E-state index >= 15 is 0 Å². The summed E-state index contributed by atoms with van der Waals surface area (Å²) >= 11 is 0. The first-order chi connectivity index (χ1) is 11.1. The summed E-state index contributed by atoms with van der Waals surface area (Å²) in [6.07, 6.45) is 11.0. The molecule has 0 fully saturated rings. The summed E-state index contributed by atoms with van der Waals surface area (Å²) in [4.78, 5) is 23.1. The van der Waals surface area contributed by atoms with E-state index in [0.29, 0.717) is 12.8 Å². The number of carbonyl (C=O) groups is 2. The van der Waals surface area contributed by atoms with Crippen LogP contribution in [0.4, 0.5) is 0 Å². The molecule has 1 amide bonds. The first-order valence-electron chi connectivity index (χ1n) is 8.50. The quantitative estimate of drug-likeness (QED) is 0.275. The highest BCUT2D eigenvalue weighted by Gasteiger charge is 2.20. The third-order valence-electron chi connectivity index (χ3n) is 3.64. The van der Waals surface area contributed by atoms with Crippen molar-refractivity contribution in [1.82, 2.24) is 10.6 Å². The standard InChI is InChI=1S/C19H32N2O2/c1-5-8-10-12-16(4)20-18(14-11-15-22)19(23)21-17(7-3)13-9-6-2/h6-7,15,17-18,20H,2-5,8-14H2,1H3,(H,21,23). The van der Waals surface area contributed by atoms with E-state index in [0.717, 1.165) is 50.5 Å². The Hall–Kier alpha value is -1.84. The Labute approximate surface area is 141 Å². The largest absolute Gasteiger partial charge is 0.378 e. The smallest absolute Gasteiger partial charge is 0.242 e. The molecule has 0 spiro atoms. The maximum atomic E-state index is 12.4. The lowest BCUT2D eigenvalue weighted by atomic mass is 10.1. The second kappa shape index (κ2) is 13.8. The van der Waals surface area contributed by atoms with Gasteiger partial charge in [-0.1, -0.05) is 38.5 Å². The SMILES string of the molecule is C=CCCC(C=C)NC(=O)C(CCC=O)NC(=C)CCCCC.